The van der Waals surface area contributed by atoms with Crippen LogP contribution < -0.4 is 5.32 Å². The molecule has 1 aromatic carbocycles. The van der Waals surface area contributed by atoms with Crippen molar-refractivity contribution in [1.29, 1.82) is 0 Å². The van der Waals surface area contributed by atoms with Crippen LogP contribution in [0, 0.1) is 16.0 Å². The molecule has 0 spiro atoms. The summed E-state index contributed by atoms with van der Waals surface area (Å²) < 4.78 is 0. The molecule has 21 heavy (non-hydrogen) atoms. The highest BCUT2D eigenvalue weighted by molar-refractivity contribution is 5.88. The smallest absolute Gasteiger partial charge is 0.326 e. The van der Waals surface area contributed by atoms with Crippen LogP contribution in [0.4, 0.5) is 5.69 Å². The average molecular weight is 294 g/mol. The molecule has 0 aromatic heterocycles. The fourth-order valence-corrected chi connectivity index (χ4v) is 1.85. The second kappa shape index (κ2) is 6.83. The highest BCUT2D eigenvalue weighted by atomic mass is 16.6. The third-order valence-corrected chi connectivity index (χ3v) is 3.20. The number of carboxylic acid groups (broad SMARTS) is 1. The molecule has 0 bridgehead atoms. The van der Waals surface area contributed by atoms with Gasteiger partial charge in [0.1, 0.15) is 6.04 Å². The van der Waals surface area contributed by atoms with E-state index in [0.717, 1.165) is 0 Å². The van der Waals surface area contributed by atoms with E-state index in [9.17, 15) is 19.7 Å². The summed E-state index contributed by atoms with van der Waals surface area (Å²) in [6.07, 6.45) is 0. The van der Waals surface area contributed by atoms with E-state index >= 15 is 0 Å². The number of benzene rings is 1. The Hall–Kier alpha value is -2.44. The Morgan fingerprint density at radius 3 is 2.38 bits per heavy atom. The topological polar surface area (TPSA) is 110 Å². The molecule has 0 saturated heterocycles. The van der Waals surface area contributed by atoms with Gasteiger partial charge >= 0.3 is 5.97 Å². The summed E-state index contributed by atoms with van der Waals surface area (Å²) >= 11 is 0. The van der Waals surface area contributed by atoms with Crippen molar-refractivity contribution in [3.8, 4) is 0 Å². The molecule has 1 amide bonds. The van der Waals surface area contributed by atoms with E-state index in [1.807, 2.05) is 0 Å². The lowest BCUT2D eigenvalue weighted by Crippen LogP contribution is -2.45. The predicted octanol–water partition coefficient (Wildman–Crippen LogP) is 1.92. The molecule has 0 aliphatic carbocycles. The summed E-state index contributed by atoms with van der Waals surface area (Å²) in [6.45, 7) is 4.96. The minimum absolute atomic E-state index is 0.106. The maximum Gasteiger partial charge on any atom is 0.326 e. The molecule has 0 fully saturated rings. The minimum atomic E-state index is -1.11. The lowest BCUT2D eigenvalue weighted by atomic mass is 9.98. The molecule has 7 heteroatoms. The van der Waals surface area contributed by atoms with Gasteiger partial charge in [0.05, 0.1) is 10.8 Å². The molecule has 1 unspecified atom stereocenters. The SMILES string of the molecule is CC(C(=O)N[C@@H](C(=O)O)C(C)C)c1cccc([N+](=O)[O-])c1. The number of amides is 1. The van der Waals surface area contributed by atoms with Crippen LogP contribution in [0.5, 0.6) is 0 Å². The van der Waals surface area contributed by atoms with Gasteiger partial charge in [-0.15, -0.1) is 0 Å². The zero-order valence-electron chi connectivity index (χ0n) is 12.1. The highest BCUT2D eigenvalue weighted by Gasteiger charge is 2.26. The van der Waals surface area contributed by atoms with E-state index in [2.05, 4.69) is 5.32 Å². The van der Waals surface area contributed by atoms with Gasteiger partial charge in [-0.3, -0.25) is 14.9 Å². The first kappa shape index (κ1) is 16.6. The Labute approximate surface area is 122 Å². The lowest BCUT2D eigenvalue weighted by molar-refractivity contribution is -0.384. The molecule has 1 aromatic rings. The number of nitrogens with one attached hydrogen (secondary N) is 1. The van der Waals surface area contributed by atoms with E-state index in [4.69, 9.17) is 5.11 Å². The van der Waals surface area contributed by atoms with Crippen LogP contribution >= 0.6 is 0 Å². The Balaban J connectivity index is 2.90. The largest absolute Gasteiger partial charge is 0.480 e. The van der Waals surface area contributed by atoms with E-state index in [1.54, 1.807) is 26.8 Å². The third kappa shape index (κ3) is 4.27. The second-order valence-corrected chi connectivity index (χ2v) is 5.14. The van der Waals surface area contributed by atoms with Gasteiger partial charge in [0, 0.05) is 12.1 Å². The fraction of sp³-hybridized carbons (Fsp3) is 0.429. The highest BCUT2D eigenvalue weighted by Crippen LogP contribution is 2.21. The molecule has 2 N–H and O–H groups in total. The van der Waals surface area contributed by atoms with Gasteiger partial charge in [-0.25, -0.2) is 4.79 Å². The first-order valence-corrected chi connectivity index (χ1v) is 6.51. The first-order chi connectivity index (χ1) is 9.73. The van der Waals surface area contributed by atoms with Gasteiger partial charge in [-0.1, -0.05) is 26.0 Å². The molecule has 114 valence electrons. The molecule has 0 saturated carbocycles. The van der Waals surface area contributed by atoms with Crippen molar-refractivity contribution >= 4 is 17.6 Å². The number of carboxylic acids is 1. The monoisotopic (exact) mass is 294 g/mol. The number of non-ortho nitro benzene ring substituents is 1. The molecule has 1 rings (SSSR count). The normalized spacial score (nSPS) is 13.5. The van der Waals surface area contributed by atoms with Gasteiger partial charge in [-0.05, 0) is 18.4 Å². The molecular weight excluding hydrogens is 276 g/mol. The quantitative estimate of drug-likeness (QED) is 0.615. The average Bonchev–Trinajstić information content (AvgIpc) is 2.42. The van der Waals surface area contributed by atoms with Crippen molar-refractivity contribution in [3.05, 3.63) is 39.9 Å². The van der Waals surface area contributed by atoms with Crippen LogP contribution in [0.15, 0.2) is 24.3 Å². The van der Waals surface area contributed by atoms with E-state index in [1.165, 1.54) is 18.2 Å². The Morgan fingerprint density at radius 2 is 1.90 bits per heavy atom. The van der Waals surface area contributed by atoms with E-state index in [0.29, 0.717) is 5.56 Å². The van der Waals surface area contributed by atoms with Crippen LogP contribution in [0.25, 0.3) is 0 Å². The van der Waals surface area contributed by atoms with E-state index < -0.39 is 28.8 Å². The summed E-state index contributed by atoms with van der Waals surface area (Å²) in [5, 5.41) is 22.2. The zero-order valence-corrected chi connectivity index (χ0v) is 12.1. The van der Waals surface area contributed by atoms with Crippen molar-refractivity contribution in [2.24, 2.45) is 5.92 Å². The number of carbonyl (C=O) groups excluding carboxylic acids is 1. The van der Waals surface area contributed by atoms with Crippen molar-refractivity contribution in [3.63, 3.8) is 0 Å². The molecular formula is C14H18N2O5. The van der Waals surface area contributed by atoms with Crippen molar-refractivity contribution in [2.75, 3.05) is 0 Å². The van der Waals surface area contributed by atoms with Gasteiger partial charge in [0.15, 0.2) is 0 Å². The maximum atomic E-state index is 12.1. The van der Waals surface area contributed by atoms with Crippen molar-refractivity contribution < 1.29 is 19.6 Å². The standard InChI is InChI=1S/C14H18N2O5/c1-8(2)12(14(18)19)15-13(17)9(3)10-5-4-6-11(7-10)16(20)21/h4-9,12H,1-3H3,(H,15,17)(H,18,19)/t9?,12-/m1/s1. The summed E-state index contributed by atoms with van der Waals surface area (Å²) in [7, 11) is 0. The summed E-state index contributed by atoms with van der Waals surface area (Å²) in [5.74, 6) is -2.52. The molecule has 0 aliphatic rings. The van der Waals surface area contributed by atoms with Crippen LogP contribution in [-0.2, 0) is 9.59 Å². The minimum Gasteiger partial charge on any atom is -0.480 e. The molecule has 0 radical (unpaired) electrons. The van der Waals surface area contributed by atoms with Gasteiger partial charge in [0.25, 0.3) is 5.69 Å². The Morgan fingerprint density at radius 1 is 1.29 bits per heavy atom. The van der Waals surface area contributed by atoms with Crippen LogP contribution in [0.2, 0.25) is 0 Å². The van der Waals surface area contributed by atoms with E-state index in [-0.39, 0.29) is 11.6 Å². The van der Waals surface area contributed by atoms with Gasteiger partial charge < -0.3 is 10.4 Å². The summed E-state index contributed by atoms with van der Waals surface area (Å²) in [6, 6.07) is 4.76. The third-order valence-electron chi connectivity index (χ3n) is 3.20. The first-order valence-electron chi connectivity index (χ1n) is 6.51. The van der Waals surface area contributed by atoms with Crippen LogP contribution in [-0.4, -0.2) is 27.9 Å². The van der Waals surface area contributed by atoms with Crippen molar-refractivity contribution in [1.82, 2.24) is 5.32 Å². The Bertz CT molecular complexity index is 556. The number of nitrogens with zero attached hydrogens (tertiary/aromatic N) is 1. The number of hydrogen-bond acceptors (Lipinski definition) is 4. The predicted molar refractivity (Wildman–Crippen MR) is 75.9 cm³/mol. The lowest BCUT2D eigenvalue weighted by Gasteiger charge is -2.20. The number of aliphatic carboxylic acids is 1. The van der Waals surface area contributed by atoms with Crippen LogP contribution in [0.1, 0.15) is 32.3 Å². The molecule has 0 heterocycles. The Kier molecular flexibility index (Phi) is 5.40. The number of nitro groups is 1. The molecule has 0 aliphatic heterocycles. The number of hydrogen-bond donors (Lipinski definition) is 2. The maximum absolute atomic E-state index is 12.1. The van der Waals surface area contributed by atoms with Gasteiger partial charge in [0.2, 0.25) is 5.91 Å². The second-order valence-electron chi connectivity index (χ2n) is 5.14. The molecule has 7 nitrogen and oxygen atoms in total. The molecule has 2 atom stereocenters. The number of rotatable bonds is 6. The van der Waals surface area contributed by atoms with Gasteiger partial charge in [-0.2, -0.15) is 0 Å². The van der Waals surface area contributed by atoms with Crippen molar-refractivity contribution in [2.45, 2.75) is 32.7 Å². The number of carbonyl (C=O) groups is 2. The van der Waals surface area contributed by atoms with Crippen LogP contribution in [0.3, 0.4) is 0 Å². The fourth-order valence-electron chi connectivity index (χ4n) is 1.85. The summed E-state index contributed by atoms with van der Waals surface area (Å²) in [4.78, 5) is 33.4. The zero-order chi connectivity index (χ0) is 16.2. The summed E-state index contributed by atoms with van der Waals surface area (Å²) in [5.41, 5.74) is 0.361. The number of nitro benzene ring substituents is 1.